The van der Waals surface area contributed by atoms with E-state index < -0.39 is 15.9 Å². The first-order valence-corrected chi connectivity index (χ1v) is 10.9. The van der Waals surface area contributed by atoms with Gasteiger partial charge >= 0.3 is 0 Å². The van der Waals surface area contributed by atoms with Gasteiger partial charge in [-0.3, -0.25) is 9.48 Å². The zero-order valence-corrected chi connectivity index (χ0v) is 16.6. The number of anilines is 1. The van der Waals surface area contributed by atoms with Crippen molar-refractivity contribution in [2.24, 2.45) is 0 Å². The van der Waals surface area contributed by atoms with Crippen LogP contribution in [0, 0.1) is 0 Å². The van der Waals surface area contributed by atoms with Crippen LogP contribution in [0.5, 0.6) is 0 Å². The highest BCUT2D eigenvalue weighted by atomic mass is 32.2. The van der Waals surface area contributed by atoms with Gasteiger partial charge in [0.05, 0.1) is 6.54 Å². The minimum absolute atomic E-state index is 0.0468. The molecule has 0 aliphatic carbocycles. The number of amides is 1. The van der Waals surface area contributed by atoms with Crippen LogP contribution in [0.1, 0.15) is 35.4 Å². The first kappa shape index (κ1) is 19.4. The van der Waals surface area contributed by atoms with Crippen molar-refractivity contribution >= 4 is 21.6 Å². The molecular weight excluding hydrogens is 392 g/mol. The third kappa shape index (κ3) is 4.25. The second-order valence-electron chi connectivity index (χ2n) is 6.90. The van der Waals surface area contributed by atoms with Crippen LogP contribution in [0.3, 0.4) is 0 Å². The Morgan fingerprint density at radius 1 is 1.07 bits per heavy atom. The Morgan fingerprint density at radius 2 is 1.86 bits per heavy atom. The van der Waals surface area contributed by atoms with Crippen LogP contribution in [0.15, 0.2) is 64.4 Å². The number of benzene rings is 1. The highest BCUT2D eigenvalue weighted by Gasteiger charge is 2.29. The number of rotatable bonds is 6. The summed E-state index contributed by atoms with van der Waals surface area (Å²) < 4.78 is 34.0. The number of nitrogens with one attached hydrogen (secondary N) is 1. The van der Waals surface area contributed by atoms with E-state index in [0.717, 1.165) is 24.8 Å². The van der Waals surface area contributed by atoms with E-state index in [4.69, 9.17) is 4.42 Å². The topological polar surface area (TPSA) is 97.4 Å². The number of para-hydroxylation sites is 1. The van der Waals surface area contributed by atoms with Crippen molar-refractivity contribution in [2.45, 2.75) is 30.9 Å². The van der Waals surface area contributed by atoms with Crippen LogP contribution in [0.25, 0.3) is 0 Å². The van der Waals surface area contributed by atoms with Gasteiger partial charge in [0.15, 0.2) is 5.76 Å². The maximum atomic E-state index is 12.7. The molecule has 0 atom stereocenters. The number of sulfonamides is 1. The van der Waals surface area contributed by atoms with E-state index in [-0.39, 0.29) is 10.9 Å². The minimum Gasteiger partial charge on any atom is -0.438 e. The summed E-state index contributed by atoms with van der Waals surface area (Å²) in [6, 6.07) is 11.9. The Kier molecular flexibility index (Phi) is 5.50. The van der Waals surface area contributed by atoms with Crippen molar-refractivity contribution in [3.8, 4) is 0 Å². The van der Waals surface area contributed by atoms with E-state index in [1.165, 1.54) is 16.4 Å². The summed E-state index contributed by atoms with van der Waals surface area (Å²) in [6.45, 7) is 1.45. The zero-order chi connectivity index (χ0) is 20.3. The first-order valence-electron chi connectivity index (χ1n) is 9.51. The molecule has 0 unspecified atom stereocenters. The van der Waals surface area contributed by atoms with Gasteiger partial charge in [0.1, 0.15) is 0 Å². The minimum atomic E-state index is -3.71. The zero-order valence-electron chi connectivity index (χ0n) is 15.8. The fourth-order valence-electron chi connectivity index (χ4n) is 3.35. The van der Waals surface area contributed by atoms with E-state index in [1.54, 1.807) is 16.9 Å². The standard InChI is InChI=1S/C20H22N4O4S/c25-20(22-17-8-3-2-7-16(17)15-23-12-6-11-21-23)18-9-10-19(28-18)29(26,27)24-13-4-1-5-14-24/h2-3,6-12H,1,4-5,13-15H2,(H,22,25). The molecule has 4 rings (SSSR count). The lowest BCUT2D eigenvalue weighted by atomic mass is 10.1. The van der Waals surface area contributed by atoms with E-state index >= 15 is 0 Å². The molecule has 29 heavy (non-hydrogen) atoms. The average Bonchev–Trinajstić information content (AvgIpc) is 3.42. The van der Waals surface area contributed by atoms with E-state index in [9.17, 15) is 13.2 Å². The van der Waals surface area contributed by atoms with Gasteiger partial charge in [-0.1, -0.05) is 24.6 Å². The summed E-state index contributed by atoms with van der Waals surface area (Å²) in [4.78, 5) is 12.6. The lowest BCUT2D eigenvalue weighted by Crippen LogP contribution is -2.35. The molecule has 8 nitrogen and oxygen atoms in total. The average molecular weight is 414 g/mol. The predicted octanol–water partition coefficient (Wildman–Crippen LogP) is 2.95. The van der Waals surface area contributed by atoms with Crippen LogP contribution in [0.2, 0.25) is 0 Å². The molecule has 1 aliphatic rings. The Morgan fingerprint density at radius 3 is 2.62 bits per heavy atom. The highest BCUT2D eigenvalue weighted by Crippen LogP contribution is 2.23. The van der Waals surface area contributed by atoms with Gasteiger partial charge in [-0.05, 0) is 42.7 Å². The quantitative estimate of drug-likeness (QED) is 0.669. The Balaban J connectivity index is 1.50. The monoisotopic (exact) mass is 414 g/mol. The molecule has 3 aromatic rings. The van der Waals surface area contributed by atoms with Crippen molar-refractivity contribution < 1.29 is 17.6 Å². The molecule has 9 heteroatoms. The van der Waals surface area contributed by atoms with E-state index in [2.05, 4.69) is 10.4 Å². The van der Waals surface area contributed by atoms with Crippen LogP contribution in [-0.2, 0) is 16.6 Å². The number of carbonyl (C=O) groups is 1. The third-order valence-corrected chi connectivity index (χ3v) is 6.64. The summed E-state index contributed by atoms with van der Waals surface area (Å²) in [5, 5.41) is 6.78. The fourth-order valence-corrected chi connectivity index (χ4v) is 4.77. The van der Waals surface area contributed by atoms with Crippen LogP contribution in [-0.4, -0.2) is 41.5 Å². The predicted molar refractivity (Wildman–Crippen MR) is 107 cm³/mol. The lowest BCUT2D eigenvalue weighted by molar-refractivity contribution is 0.0991. The molecular formula is C20H22N4O4S. The van der Waals surface area contributed by atoms with Crippen molar-refractivity contribution in [3.05, 3.63) is 66.2 Å². The molecule has 0 radical (unpaired) electrons. The van der Waals surface area contributed by atoms with E-state index in [1.807, 2.05) is 30.5 Å². The Bertz CT molecular complexity index is 1080. The maximum absolute atomic E-state index is 12.7. The van der Waals surface area contributed by atoms with Crippen LogP contribution < -0.4 is 5.32 Å². The highest BCUT2D eigenvalue weighted by molar-refractivity contribution is 7.89. The van der Waals surface area contributed by atoms with Crippen molar-refractivity contribution in [2.75, 3.05) is 18.4 Å². The third-order valence-electron chi connectivity index (χ3n) is 4.87. The van der Waals surface area contributed by atoms with Gasteiger partial charge in [-0.25, -0.2) is 8.42 Å². The number of carbonyl (C=O) groups excluding carboxylic acids is 1. The molecule has 2 aromatic heterocycles. The number of nitrogens with zero attached hydrogens (tertiary/aromatic N) is 3. The van der Waals surface area contributed by atoms with Crippen LogP contribution in [0.4, 0.5) is 5.69 Å². The number of piperidine rings is 1. The molecule has 152 valence electrons. The molecule has 1 saturated heterocycles. The first-order chi connectivity index (χ1) is 14.0. The molecule has 3 heterocycles. The van der Waals surface area contributed by atoms with Gasteiger partial charge in [0.2, 0.25) is 5.09 Å². The van der Waals surface area contributed by atoms with Crippen molar-refractivity contribution in [3.63, 3.8) is 0 Å². The molecule has 0 bridgehead atoms. The molecule has 0 saturated carbocycles. The molecule has 1 aliphatic heterocycles. The smallest absolute Gasteiger partial charge is 0.291 e. The van der Waals surface area contributed by atoms with E-state index in [0.29, 0.717) is 25.3 Å². The molecule has 1 fully saturated rings. The second kappa shape index (κ2) is 8.22. The molecule has 1 N–H and O–H groups in total. The van der Waals surface area contributed by atoms with Gasteiger partial charge in [-0.2, -0.15) is 9.40 Å². The van der Waals surface area contributed by atoms with Gasteiger partial charge < -0.3 is 9.73 Å². The Labute approximate surface area is 169 Å². The maximum Gasteiger partial charge on any atom is 0.291 e. The number of furan rings is 1. The normalized spacial score (nSPS) is 15.3. The summed E-state index contributed by atoms with van der Waals surface area (Å²) in [7, 11) is -3.71. The second-order valence-corrected chi connectivity index (χ2v) is 8.77. The molecule has 1 aromatic carbocycles. The van der Waals surface area contributed by atoms with Gasteiger partial charge in [0.25, 0.3) is 15.9 Å². The van der Waals surface area contributed by atoms with Crippen molar-refractivity contribution in [1.82, 2.24) is 14.1 Å². The largest absolute Gasteiger partial charge is 0.438 e. The molecule has 0 spiro atoms. The SMILES string of the molecule is O=C(Nc1ccccc1Cn1cccn1)c1ccc(S(=O)(=O)N2CCCCC2)o1. The van der Waals surface area contributed by atoms with Crippen molar-refractivity contribution in [1.29, 1.82) is 0 Å². The number of hydrogen-bond acceptors (Lipinski definition) is 5. The Hall–Kier alpha value is -2.91. The lowest BCUT2D eigenvalue weighted by Gasteiger charge is -2.24. The summed E-state index contributed by atoms with van der Waals surface area (Å²) in [5.74, 6) is -0.549. The van der Waals surface area contributed by atoms with Gasteiger partial charge in [-0.15, -0.1) is 0 Å². The number of aromatic nitrogens is 2. The summed E-state index contributed by atoms with van der Waals surface area (Å²) >= 11 is 0. The van der Waals surface area contributed by atoms with Crippen LogP contribution >= 0.6 is 0 Å². The summed E-state index contributed by atoms with van der Waals surface area (Å²) in [6.07, 6.45) is 6.22. The van der Waals surface area contributed by atoms with Gasteiger partial charge in [0, 0.05) is 31.2 Å². The summed E-state index contributed by atoms with van der Waals surface area (Å²) in [5.41, 5.74) is 1.49. The molecule has 1 amide bonds. The number of hydrogen-bond donors (Lipinski definition) is 1. The fraction of sp³-hybridized carbons (Fsp3) is 0.300.